The monoisotopic (exact) mass is 466 g/mol. The average molecular weight is 467 g/mol. The Morgan fingerprint density at radius 1 is 1.03 bits per heavy atom. The molecule has 10 heteroatoms. The van der Waals surface area contributed by atoms with E-state index in [0.717, 1.165) is 5.69 Å². The molecule has 0 bridgehead atoms. The van der Waals surface area contributed by atoms with Crippen molar-refractivity contribution in [1.29, 1.82) is 0 Å². The van der Waals surface area contributed by atoms with E-state index in [9.17, 15) is 12.8 Å². The lowest BCUT2D eigenvalue weighted by Gasteiger charge is -2.36. The zero-order valence-electron chi connectivity index (χ0n) is 18.7. The molecule has 31 heavy (non-hydrogen) atoms. The van der Waals surface area contributed by atoms with Crippen LogP contribution in [-0.4, -0.2) is 52.2 Å². The highest BCUT2D eigenvalue weighted by molar-refractivity contribution is 7.90. The van der Waals surface area contributed by atoms with Crippen molar-refractivity contribution in [3.8, 4) is 5.75 Å². The van der Waals surface area contributed by atoms with E-state index in [0.29, 0.717) is 31.9 Å². The number of anilines is 2. The largest absolute Gasteiger partial charge is 0.542 e. The third-order valence-corrected chi connectivity index (χ3v) is 11.8. The van der Waals surface area contributed by atoms with E-state index >= 15 is 0 Å². The Kier molecular flexibility index (Phi) is 6.63. The second kappa shape index (κ2) is 8.76. The van der Waals surface area contributed by atoms with E-state index in [1.165, 1.54) is 16.4 Å². The molecule has 0 unspecified atom stereocenters. The molecule has 2 aromatic rings. The fourth-order valence-corrected chi connectivity index (χ4v) is 5.16. The van der Waals surface area contributed by atoms with E-state index in [1.807, 2.05) is 4.90 Å². The highest BCUT2D eigenvalue weighted by Crippen LogP contribution is 2.37. The Morgan fingerprint density at radius 2 is 1.65 bits per heavy atom. The Hall–Kier alpha value is -2.17. The minimum Gasteiger partial charge on any atom is -0.542 e. The number of benzene rings is 1. The normalized spacial score (nSPS) is 16.3. The van der Waals surface area contributed by atoms with E-state index in [2.05, 4.69) is 43.6 Å². The van der Waals surface area contributed by atoms with Crippen molar-refractivity contribution in [3.63, 3.8) is 0 Å². The molecule has 1 aliphatic heterocycles. The molecule has 3 rings (SSSR count). The van der Waals surface area contributed by atoms with Gasteiger partial charge in [-0.1, -0.05) is 20.8 Å². The number of hydrogen-bond donors (Lipinski definition) is 1. The molecule has 170 valence electrons. The standard InChI is InChI=1S/C21H31FN4O3SSi/c1-21(2,3)31(4,5)29-19-10-11-20(23-16-19)24-30(27,28)26-14-12-25(13-15-26)18-8-6-17(22)7-9-18/h6-11,16H,12-15H2,1-5H3,(H,23,24). The van der Waals surface area contributed by atoms with E-state index in [4.69, 9.17) is 4.43 Å². The molecular weight excluding hydrogens is 435 g/mol. The van der Waals surface area contributed by atoms with Crippen molar-refractivity contribution >= 4 is 30.0 Å². The van der Waals surface area contributed by atoms with Gasteiger partial charge in [0.25, 0.3) is 8.32 Å². The maximum atomic E-state index is 13.1. The molecule has 0 amide bonds. The third kappa shape index (κ3) is 5.75. The number of hydrogen-bond acceptors (Lipinski definition) is 5. The van der Waals surface area contributed by atoms with Gasteiger partial charge in [0, 0.05) is 31.9 Å². The maximum absolute atomic E-state index is 13.1. The van der Waals surface area contributed by atoms with Crippen molar-refractivity contribution in [2.45, 2.75) is 38.9 Å². The molecule has 0 radical (unpaired) electrons. The van der Waals surface area contributed by atoms with Crippen LogP contribution in [0.5, 0.6) is 5.75 Å². The molecule has 1 fully saturated rings. The number of aromatic nitrogens is 1. The molecule has 1 aromatic carbocycles. The molecular formula is C21H31FN4O3SSi. The van der Waals surface area contributed by atoms with Crippen LogP contribution in [0.1, 0.15) is 20.8 Å². The quantitative estimate of drug-likeness (QED) is 0.649. The molecule has 2 heterocycles. The fourth-order valence-electron chi connectivity index (χ4n) is 2.98. The number of piperazine rings is 1. The zero-order valence-corrected chi connectivity index (χ0v) is 20.5. The summed E-state index contributed by atoms with van der Waals surface area (Å²) in [5, 5.41) is 0.0588. The predicted molar refractivity (Wildman–Crippen MR) is 125 cm³/mol. The summed E-state index contributed by atoms with van der Waals surface area (Å²) in [5.41, 5.74) is 0.880. The molecule has 1 saturated heterocycles. The zero-order chi connectivity index (χ0) is 22.9. The molecule has 0 spiro atoms. The fraction of sp³-hybridized carbons (Fsp3) is 0.476. The maximum Gasteiger partial charge on any atom is 0.302 e. The summed E-state index contributed by atoms with van der Waals surface area (Å²) in [6.07, 6.45) is 1.56. The highest BCUT2D eigenvalue weighted by Gasteiger charge is 2.39. The first kappa shape index (κ1) is 23.5. The van der Waals surface area contributed by atoms with Gasteiger partial charge in [0.05, 0.1) is 6.20 Å². The van der Waals surface area contributed by atoms with Crippen LogP contribution in [-0.2, 0) is 10.2 Å². The van der Waals surface area contributed by atoms with Gasteiger partial charge < -0.3 is 9.33 Å². The second-order valence-corrected chi connectivity index (χ2v) is 15.6. The van der Waals surface area contributed by atoms with Gasteiger partial charge in [-0.25, -0.2) is 9.37 Å². The number of nitrogens with zero attached hydrogens (tertiary/aromatic N) is 3. The van der Waals surface area contributed by atoms with Crippen LogP contribution in [0.2, 0.25) is 18.1 Å². The summed E-state index contributed by atoms with van der Waals surface area (Å²) in [4.78, 5) is 6.27. The Morgan fingerprint density at radius 3 is 2.16 bits per heavy atom. The van der Waals surface area contributed by atoms with Crippen molar-refractivity contribution in [2.75, 3.05) is 35.8 Å². The molecule has 0 atom stereocenters. The highest BCUT2D eigenvalue weighted by atomic mass is 32.2. The van der Waals surface area contributed by atoms with Crippen molar-refractivity contribution in [3.05, 3.63) is 48.4 Å². The molecule has 1 aliphatic rings. The molecule has 1 aromatic heterocycles. The van der Waals surface area contributed by atoms with Crippen molar-refractivity contribution in [1.82, 2.24) is 9.29 Å². The first-order valence-corrected chi connectivity index (χ1v) is 14.7. The Balaban J connectivity index is 1.59. The molecule has 0 aliphatic carbocycles. The van der Waals surface area contributed by atoms with Crippen molar-refractivity contribution < 1.29 is 17.2 Å². The van der Waals surface area contributed by atoms with Gasteiger partial charge in [-0.2, -0.15) is 12.7 Å². The predicted octanol–water partition coefficient (Wildman–Crippen LogP) is 4.08. The molecule has 7 nitrogen and oxygen atoms in total. The lowest BCUT2D eigenvalue weighted by atomic mass is 10.2. The van der Waals surface area contributed by atoms with E-state index in [1.54, 1.807) is 30.5 Å². The molecule has 0 saturated carbocycles. The van der Waals surface area contributed by atoms with Gasteiger partial charge in [-0.3, -0.25) is 4.72 Å². The summed E-state index contributed by atoms with van der Waals surface area (Å²) in [6, 6.07) is 9.59. The van der Waals surface area contributed by atoms with Crippen LogP contribution in [0.15, 0.2) is 42.6 Å². The van der Waals surface area contributed by atoms with Crippen LogP contribution in [0.3, 0.4) is 0 Å². The van der Waals surface area contributed by atoms with Gasteiger partial charge >= 0.3 is 10.2 Å². The van der Waals surface area contributed by atoms with Gasteiger partial charge in [0.2, 0.25) is 0 Å². The van der Waals surface area contributed by atoms with Crippen molar-refractivity contribution in [2.24, 2.45) is 0 Å². The molecule has 1 N–H and O–H groups in total. The van der Waals surface area contributed by atoms with E-state index < -0.39 is 18.5 Å². The summed E-state index contributed by atoms with van der Waals surface area (Å²) >= 11 is 0. The minimum absolute atomic E-state index is 0.0588. The second-order valence-electron chi connectivity index (χ2n) is 9.21. The number of halogens is 1. The first-order chi connectivity index (χ1) is 14.4. The smallest absolute Gasteiger partial charge is 0.302 e. The Bertz CT molecular complexity index is 985. The van der Waals surface area contributed by atoms with Crippen LogP contribution >= 0.6 is 0 Å². The summed E-state index contributed by atoms with van der Waals surface area (Å²) in [6.45, 7) is 12.5. The SMILES string of the molecule is CC(C)(C)[Si](C)(C)Oc1ccc(NS(=O)(=O)N2CCN(c3ccc(F)cc3)CC2)nc1. The topological polar surface area (TPSA) is 74.8 Å². The van der Waals surface area contributed by atoms with Crippen LogP contribution < -0.4 is 14.0 Å². The van der Waals surface area contributed by atoms with E-state index in [-0.39, 0.29) is 16.7 Å². The number of rotatable bonds is 6. The summed E-state index contributed by atoms with van der Waals surface area (Å²) in [7, 11) is -5.70. The lowest BCUT2D eigenvalue weighted by molar-refractivity contribution is 0.387. The van der Waals surface area contributed by atoms with Gasteiger partial charge in [0.1, 0.15) is 17.4 Å². The summed E-state index contributed by atoms with van der Waals surface area (Å²) < 4.78 is 48.8. The number of nitrogens with one attached hydrogen (secondary N) is 1. The van der Waals surface area contributed by atoms with Crippen LogP contribution in [0.4, 0.5) is 15.9 Å². The average Bonchev–Trinajstić information content (AvgIpc) is 2.69. The van der Waals surface area contributed by atoms with Gasteiger partial charge in [-0.15, -0.1) is 0 Å². The number of pyridine rings is 1. The lowest BCUT2D eigenvalue weighted by Crippen LogP contribution is -2.50. The van der Waals surface area contributed by atoms with Crippen LogP contribution in [0.25, 0.3) is 0 Å². The minimum atomic E-state index is -3.72. The van der Waals surface area contributed by atoms with Gasteiger partial charge in [0.15, 0.2) is 0 Å². The first-order valence-electron chi connectivity index (χ1n) is 10.3. The Labute approximate surface area is 185 Å². The van der Waals surface area contributed by atoms with Gasteiger partial charge in [-0.05, 0) is 54.5 Å². The summed E-state index contributed by atoms with van der Waals surface area (Å²) in [5.74, 6) is 0.605. The van der Waals surface area contributed by atoms with Crippen LogP contribution in [0, 0.1) is 5.82 Å². The third-order valence-electron chi connectivity index (χ3n) is 5.92.